The van der Waals surface area contributed by atoms with Crippen molar-refractivity contribution < 1.29 is 0 Å². The number of nitrogens with zero attached hydrogens (tertiary/aromatic N) is 1. The van der Waals surface area contributed by atoms with Crippen molar-refractivity contribution in [2.75, 3.05) is 11.4 Å². The van der Waals surface area contributed by atoms with Crippen molar-refractivity contribution in [3.63, 3.8) is 0 Å². The van der Waals surface area contributed by atoms with Crippen LogP contribution in [0.15, 0.2) is 78.9 Å². The normalized spacial score (nSPS) is 30.4. The summed E-state index contributed by atoms with van der Waals surface area (Å²) in [6, 6.07) is 20.6. The number of hydrogen-bond donors (Lipinski definition) is 0. The van der Waals surface area contributed by atoms with E-state index in [9.17, 15) is 0 Å². The maximum absolute atomic E-state index is 6.25. The van der Waals surface area contributed by atoms with Gasteiger partial charge in [-0.2, -0.15) is 0 Å². The van der Waals surface area contributed by atoms with Crippen LogP contribution in [0.2, 0.25) is 5.02 Å². The molecule has 0 radical (unpaired) electrons. The molecule has 0 saturated heterocycles. The first-order chi connectivity index (χ1) is 14.8. The number of rotatable bonds is 1. The SMILES string of the molecule is Clc1ccc([C@H]2[C@@H]3CC=C[C@@H]3c3c4c(cc5ccccc35)[C@H]3C=CC[C@@H]3CN42)cc1. The summed E-state index contributed by atoms with van der Waals surface area (Å²) in [7, 11) is 0. The molecule has 3 aromatic carbocycles. The monoisotopic (exact) mass is 409 g/mol. The van der Waals surface area contributed by atoms with Crippen molar-refractivity contribution in [1.82, 2.24) is 0 Å². The molecule has 0 N–H and O–H groups in total. The lowest BCUT2D eigenvalue weighted by molar-refractivity contribution is 0.336. The molecule has 2 aliphatic carbocycles. The zero-order valence-electron chi connectivity index (χ0n) is 16.8. The zero-order chi connectivity index (χ0) is 19.8. The van der Waals surface area contributed by atoms with E-state index in [2.05, 4.69) is 83.8 Å². The van der Waals surface area contributed by atoms with Crippen molar-refractivity contribution in [2.24, 2.45) is 11.8 Å². The van der Waals surface area contributed by atoms with E-state index < -0.39 is 0 Å². The predicted molar refractivity (Wildman–Crippen MR) is 125 cm³/mol. The van der Waals surface area contributed by atoms with Crippen LogP contribution in [0.4, 0.5) is 5.69 Å². The lowest BCUT2D eigenvalue weighted by Crippen LogP contribution is -2.46. The molecular formula is C28H24ClN. The second kappa shape index (κ2) is 6.25. The molecule has 2 heterocycles. The van der Waals surface area contributed by atoms with E-state index in [0.29, 0.717) is 29.7 Å². The van der Waals surface area contributed by atoms with Crippen LogP contribution >= 0.6 is 11.6 Å². The lowest BCUT2D eigenvalue weighted by atomic mass is 9.69. The van der Waals surface area contributed by atoms with Gasteiger partial charge in [-0.1, -0.05) is 72.3 Å². The standard InChI is InChI=1S/C28H24ClN/c29-20-13-11-17(12-14-20)27-24-10-4-9-23(24)26-22-7-2-1-5-18(22)15-25-21-8-3-6-19(21)16-30(27)28(25)26/h1-5,7-9,11-15,19,21,23-24,27H,6,10,16H2/t19-,21+,23+,24-,27+/m1/s1. The van der Waals surface area contributed by atoms with Gasteiger partial charge < -0.3 is 4.90 Å². The second-order valence-corrected chi connectivity index (χ2v) is 9.84. The predicted octanol–water partition coefficient (Wildman–Crippen LogP) is 7.39. The van der Waals surface area contributed by atoms with Crippen molar-refractivity contribution in [1.29, 1.82) is 0 Å². The van der Waals surface area contributed by atoms with Gasteiger partial charge in [-0.05, 0) is 70.3 Å². The Morgan fingerprint density at radius 1 is 0.867 bits per heavy atom. The number of benzene rings is 3. The molecule has 3 aromatic rings. The largest absolute Gasteiger partial charge is 0.363 e. The lowest BCUT2D eigenvalue weighted by Gasteiger charge is -2.51. The van der Waals surface area contributed by atoms with Gasteiger partial charge in [0.05, 0.1) is 6.04 Å². The van der Waals surface area contributed by atoms with Gasteiger partial charge in [0, 0.05) is 29.1 Å². The van der Waals surface area contributed by atoms with Gasteiger partial charge in [0.25, 0.3) is 0 Å². The van der Waals surface area contributed by atoms with E-state index in [1.807, 2.05) is 0 Å². The summed E-state index contributed by atoms with van der Waals surface area (Å²) < 4.78 is 0. The number of allylic oxidation sites excluding steroid dienone is 4. The highest BCUT2D eigenvalue weighted by Gasteiger charge is 2.48. The molecule has 0 aromatic heterocycles. The Balaban J connectivity index is 1.54. The topological polar surface area (TPSA) is 3.24 Å². The van der Waals surface area contributed by atoms with Gasteiger partial charge in [0.1, 0.15) is 0 Å². The van der Waals surface area contributed by atoms with Crippen molar-refractivity contribution >= 4 is 28.1 Å². The molecule has 0 bridgehead atoms. The molecule has 0 unspecified atom stereocenters. The zero-order valence-corrected chi connectivity index (χ0v) is 17.6. The Labute approximate surface area is 182 Å². The summed E-state index contributed by atoms with van der Waals surface area (Å²) in [5.41, 5.74) is 6.05. The van der Waals surface area contributed by atoms with Crippen LogP contribution in [0, 0.1) is 11.8 Å². The van der Waals surface area contributed by atoms with Crippen LogP contribution < -0.4 is 4.90 Å². The number of anilines is 1. The molecule has 0 saturated carbocycles. The number of hydrogen-bond acceptors (Lipinski definition) is 1. The van der Waals surface area contributed by atoms with Crippen LogP contribution in [0.5, 0.6) is 0 Å². The Kier molecular flexibility index (Phi) is 3.58. The molecule has 7 rings (SSSR count). The Hall–Kier alpha value is -2.51. The minimum absolute atomic E-state index is 0.413. The first kappa shape index (κ1) is 17.2. The fraction of sp³-hybridized carbons (Fsp3) is 0.286. The van der Waals surface area contributed by atoms with Crippen molar-refractivity contribution in [3.8, 4) is 0 Å². The minimum Gasteiger partial charge on any atom is -0.363 e. The number of fused-ring (bicyclic) bond motifs is 6. The molecule has 1 nitrogen and oxygen atoms in total. The van der Waals surface area contributed by atoms with E-state index in [-0.39, 0.29) is 0 Å². The third kappa shape index (κ3) is 2.25. The van der Waals surface area contributed by atoms with Gasteiger partial charge in [-0.15, -0.1) is 0 Å². The van der Waals surface area contributed by atoms with Crippen LogP contribution in [0.1, 0.15) is 47.4 Å². The second-order valence-electron chi connectivity index (χ2n) is 9.40. The van der Waals surface area contributed by atoms with Crippen LogP contribution in [-0.4, -0.2) is 6.54 Å². The molecule has 30 heavy (non-hydrogen) atoms. The third-order valence-corrected chi connectivity index (χ3v) is 8.21. The first-order valence-corrected chi connectivity index (χ1v) is 11.6. The Bertz CT molecular complexity index is 1220. The van der Waals surface area contributed by atoms with E-state index in [1.54, 1.807) is 11.1 Å². The van der Waals surface area contributed by atoms with Gasteiger partial charge >= 0.3 is 0 Å². The summed E-state index contributed by atoms with van der Waals surface area (Å²) in [5, 5.41) is 3.66. The van der Waals surface area contributed by atoms with Gasteiger partial charge in [0.2, 0.25) is 0 Å². The van der Waals surface area contributed by atoms with Crippen LogP contribution in [-0.2, 0) is 0 Å². The highest BCUT2D eigenvalue weighted by Crippen LogP contribution is 2.60. The maximum atomic E-state index is 6.25. The molecule has 0 spiro atoms. The van der Waals surface area contributed by atoms with Crippen molar-refractivity contribution in [2.45, 2.75) is 30.7 Å². The molecule has 0 fully saturated rings. The quantitative estimate of drug-likeness (QED) is 0.379. The van der Waals surface area contributed by atoms with E-state index >= 15 is 0 Å². The molecular weight excluding hydrogens is 386 g/mol. The van der Waals surface area contributed by atoms with E-state index in [4.69, 9.17) is 11.6 Å². The molecule has 5 atom stereocenters. The van der Waals surface area contributed by atoms with Crippen molar-refractivity contribution in [3.05, 3.63) is 101 Å². The third-order valence-electron chi connectivity index (χ3n) is 7.96. The van der Waals surface area contributed by atoms with Crippen LogP contribution in [0.3, 0.4) is 0 Å². The highest BCUT2D eigenvalue weighted by molar-refractivity contribution is 6.30. The van der Waals surface area contributed by atoms with Gasteiger partial charge in [-0.3, -0.25) is 0 Å². The summed E-state index contributed by atoms with van der Waals surface area (Å²) in [5.74, 6) is 2.33. The Morgan fingerprint density at radius 2 is 1.67 bits per heavy atom. The summed E-state index contributed by atoms with van der Waals surface area (Å²) >= 11 is 6.25. The van der Waals surface area contributed by atoms with E-state index in [0.717, 1.165) is 18.0 Å². The molecule has 2 aliphatic heterocycles. The maximum Gasteiger partial charge on any atom is 0.0582 e. The van der Waals surface area contributed by atoms with Crippen LogP contribution in [0.25, 0.3) is 10.8 Å². The van der Waals surface area contributed by atoms with E-state index in [1.165, 1.54) is 28.4 Å². The summed E-state index contributed by atoms with van der Waals surface area (Å²) in [6.45, 7) is 1.15. The highest BCUT2D eigenvalue weighted by atomic mass is 35.5. The van der Waals surface area contributed by atoms with Gasteiger partial charge in [0.15, 0.2) is 0 Å². The fourth-order valence-corrected chi connectivity index (χ4v) is 6.90. The molecule has 4 aliphatic rings. The summed E-state index contributed by atoms with van der Waals surface area (Å²) in [4.78, 5) is 2.78. The van der Waals surface area contributed by atoms with Gasteiger partial charge in [-0.25, -0.2) is 0 Å². The average molecular weight is 410 g/mol. The molecule has 2 heteroatoms. The molecule has 148 valence electrons. The smallest absolute Gasteiger partial charge is 0.0582 e. The number of halogens is 1. The molecule has 0 amide bonds. The summed E-state index contributed by atoms with van der Waals surface area (Å²) in [6.07, 6.45) is 12.1. The Morgan fingerprint density at radius 3 is 2.57 bits per heavy atom. The fourth-order valence-electron chi connectivity index (χ4n) is 6.77. The average Bonchev–Trinajstić information content (AvgIpc) is 3.44. The minimum atomic E-state index is 0.413. The first-order valence-electron chi connectivity index (χ1n) is 11.2.